The fourth-order valence-corrected chi connectivity index (χ4v) is 0.899. The van der Waals surface area contributed by atoms with Crippen LogP contribution in [0.3, 0.4) is 0 Å². The van der Waals surface area contributed by atoms with Crippen LogP contribution in [0.15, 0.2) is 0 Å². The van der Waals surface area contributed by atoms with Gasteiger partial charge in [0.15, 0.2) is 0 Å². The molecule has 0 atom stereocenters. The van der Waals surface area contributed by atoms with Gasteiger partial charge in [-0.2, -0.15) is 0 Å². The second kappa shape index (κ2) is 2.10. The average molecular weight is 127 g/mol. The second-order valence-electron chi connectivity index (χ2n) is 3.02. The minimum atomic E-state index is 0.0410. The van der Waals surface area contributed by atoms with Crippen LogP contribution < -0.4 is 5.73 Å². The van der Waals surface area contributed by atoms with Gasteiger partial charge in [-0.1, -0.05) is 6.92 Å². The molecule has 9 heavy (non-hydrogen) atoms. The molecule has 0 radical (unpaired) electrons. The van der Waals surface area contributed by atoms with Gasteiger partial charge < -0.3 is 5.73 Å². The predicted octanol–water partition coefficient (Wildman–Crippen LogP) is 0.704. The molecule has 0 aromatic carbocycles. The van der Waals surface area contributed by atoms with Crippen LogP contribution in [0.1, 0.15) is 26.2 Å². The molecular formula is C7H13NO. The van der Waals surface area contributed by atoms with E-state index in [1.807, 2.05) is 6.92 Å². The number of ketones is 1. The van der Waals surface area contributed by atoms with Crippen molar-refractivity contribution in [2.24, 2.45) is 11.1 Å². The van der Waals surface area contributed by atoms with Crippen molar-refractivity contribution >= 4 is 5.78 Å². The largest absolute Gasteiger partial charge is 0.330 e. The standard InChI is InChI=1S/C7H13NO/c1-7(3-4-7)6(9)2-5-8/h2-5,8H2,1H3. The lowest BCUT2D eigenvalue weighted by Gasteiger charge is -2.03. The van der Waals surface area contributed by atoms with Crippen LogP contribution in [0.25, 0.3) is 0 Å². The van der Waals surface area contributed by atoms with Gasteiger partial charge in [-0.3, -0.25) is 4.79 Å². The average Bonchev–Trinajstić information content (AvgIpc) is 2.50. The van der Waals surface area contributed by atoms with E-state index in [2.05, 4.69) is 0 Å². The monoisotopic (exact) mass is 127 g/mol. The molecule has 2 N–H and O–H groups in total. The van der Waals surface area contributed by atoms with Gasteiger partial charge in [0.05, 0.1) is 0 Å². The van der Waals surface area contributed by atoms with Crippen molar-refractivity contribution in [1.29, 1.82) is 0 Å². The number of carbonyl (C=O) groups is 1. The van der Waals surface area contributed by atoms with Crippen LogP contribution in [0.5, 0.6) is 0 Å². The van der Waals surface area contributed by atoms with E-state index in [4.69, 9.17) is 5.73 Å². The van der Waals surface area contributed by atoms with E-state index in [0.29, 0.717) is 18.7 Å². The van der Waals surface area contributed by atoms with E-state index in [1.54, 1.807) is 0 Å². The van der Waals surface area contributed by atoms with Gasteiger partial charge in [-0.15, -0.1) is 0 Å². The second-order valence-corrected chi connectivity index (χ2v) is 3.02. The lowest BCUT2D eigenvalue weighted by atomic mass is 10.0. The molecule has 0 heterocycles. The molecule has 0 bridgehead atoms. The van der Waals surface area contributed by atoms with Crippen molar-refractivity contribution in [3.63, 3.8) is 0 Å². The maximum atomic E-state index is 11.0. The Bertz CT molecular complexity index is 127. The lowest BCUT2D eigenvalue weighted by Crippen LogP contribution is -2.15. The molecule has 0 aliphatic heterocycles. The highest BCUT2D eigenvalue weighted by atomic mass is 16.1. The normalized spacial score (nSPS) is 21.6. The Hall–Kier alpha value is -0.370. The predicted molar refractivity (Wildman–Crippen MR) is 36.0 cm³/mol. The summed E-state index contributed by atoms with van der Waals surface area (Å²) in [6.45, 7) is 2.53. The Labute approximate surface area is 55.4 Å². The van der Waals surface area contributed by atoms with Crippen molar-refractivity contribution in [2.45, 2.75) is 26.2 Å². The van der Waals surface area contributed by atoms with Crippen LogP contribution in [-0.4, -0.2) is 12.3 Å². The molecule has 1 fully saturated rings. The Morgan fingerprint density at radius 1 is 1.67 bits per heavy atom. The Morgan fingerprint density at radius 2 is 2.22 bits per heavy atom. The van der Waals surface area contributed by atoms with Crippen molar-refractivity contribution < 1.29 is 4.79 Å². The summed E-state index contributed by atoms with van der Waals surface area (Å²) in [5, 5.41) is 0. The van der Waals surface area contributed by atoms with Gasteiger partial charge in [-0.05, 0) is 19.4 Å². The van der Waals surface area contributed by atoms with Crippen molar-refractivity contribution in [2.75, 3.05) is 6.54 Å². The molecule has 1 rings (SSSR count). The Morgan fingerprint density at radius 3 is 2.56 bits per heavy atom. The summed E-state index contributed by atoms with van der Waals surface area (Å²) in [7, 11) is 0. The third kappa shape index (κ3) is 1.30. The molecule has 0 spiro atoms. The van der Waals surface area contributed by atoms with Gasteiger partial charge in [0.25, 0.3) is 0 Å². The van der Waals surface area contributed by atoms with Crippen LogP contribution in [0.4, 0.5) is 0 Å². The van der Waals surface area contributed by atoms with E-state index < -0.39 is 0 Å². The number of nitrogens with two attached hydrogens (primary N) is 1. The quantitative estimate of drug-likeness (QED) is 0.606. The summed E-state index contributed by atoms with van der Waals surface area (Å²) in [5.74, 6) is 0.352. The first-order chi connectivity index (χ1) is 4.19. The fraction of sp³-hybridized carbons (Fsp3) is 0.857. The zero-order valence-corrected chi connectivity index (χ0v) is 5.81. The van der Waals surface area contributed by atoms with Crippen molar-refractivity contribution in [3.05, 3.63) is 0 Å². The molecule has 0 aromatic heterocycles. The molecule has 1 aliphatic rings. The topological polar surface area (TPSA) is 43.1 Å². The number of hydrogen-bond donors (Lipinski definition) is 1. The number of Topliss-reactive ketones (excluding diaryl/α,β-unsaturated/α-hetero) is 1. The van der Waals surface area contributed by atoms with E-state index in [-0.39, 0.29) is 5.41 Å². The summed E-state index contributed by atoms with van der Waals surface area (Å²) in [6.07, 6.45) is 2.72. The molecule has 0 saturated heterocycles. The fourth-order valence-electron chi connectivity index (χ4n) is 0.899. The summed E-state index contributed by atoms with van der Waals surface area (Å²) in [6, 6.07) is 0. The highest BCUT2D eigenvalue weighted by Gasteiger charge is 2.43. The van der Waals surface area contributed by atoms with E-state index in [9.17, 15) is 4.79 Å². The van der Waals surface area contributed by atoms with E-state index >= 15 is 0 Å². The molecule has 1 saturated carbocycles. The van der Waals surface area contributed by atoms with Crippen LogP contribution in [-0.2, 0) is 4.79 Å². The minimum absolute atomic E-state index is 0.0410. The Balaban J connectivity index is 2.34. The van der Waals surface area contributed by atoms with E-state index in [0.717, 1.165) is 12.8 Å². The maximum Gasteiger partial charge on any atom is 0.140 e. The molecule has 2 heteroatoms. The third-order valence-electron chi connectivity index (χ3n) is 2.04. The van der Waals surface area contributed by atoms with Gasteiger partial charge in [0.2, 0.25) is 0 Å². The number of hydrogen-bond acceptors (Lipinski definition) is 2. The van der Waals surface area contributed by atoms with Gasteiger partial charge in [0, 0.05) is 11.8 Å². The molecule has 1 aliphatic carbocycles. The van der Waals surface area contributed by atoms with Crippen LogP contribution in [0.2, 0.25) is 0 Å². The first-order valence-corrected chi connectivity index (χ1v) is 3.42. The highest BCUT2D eigenvalue weighted by molar-refractivity contribution is 5.86. The zero-order valence-electron chi connectivity index (χ0n) is 5.81. The number of rotatable bonds is 3. The SMILES string of the molecule is CC1(C(=O)CCN)CC1. The van der Waals surface area contributed by atoms with Crippen LogP contribution in [0, 0.1) is 5.41 Å². The van der Waals surface area contributed by atoms with E-state index in [1.165, 1.54) is 0 Å². The van der Waals surface area contributed by atoms with Crippen molar-refractivity contribution in [3.8, 4) is 0 Å². The van der Waals surface area contributed by atoms with Crippen LogP contribution >= 0.6 is 0 Å². The molecule has 2 nitrogen and oxygen atoms in total. The Kier molecular flexibility index (Phi) is 1.58. The smallest absolute Gasteiger partial charge is 0.140 e. The summed E-state index contributed by atoms with van der Waals surface area (Å²) < 4.78 is 0. The third-order valence-corrected chi connectivity index (χ3v) is 2.04. The van der Waals surface area contributed by atoms with Gasteiger partial charge in [-0.25, -0.2) is 0 Å². The molecule has 0 unspecified atom stereocenters. The molecule has 0 aromatic rings. The summed E-state index contributed by atoms with van der Waals surface area (Å²) >= 11 is 0. The summed E-state index contributed by atoms with van der Waals surface area (Å²) in [5.41, 5.74) is 5.27. The molecular weight excluding hydrogens is 114 g/mol. The summed E-state index contributed by atoms with van der Waals surface area (Å²) in [4.78, 5) is 11.0. The molecule has 52 valence electrons. The van der Waals surface area contributed by atoms with Gasteiger partial charge in [0.1, 0.15) is 5.78 Å². The molecule has 0 amide bonds. The van der Waals surface area contributed by atoms with Gasteiger partial charge >= 0.3 is 0 Å². The highest BCUT2D eigenvalue weighted by Crippen LogP contribution is 2.46. The lowest BCUT2D eigenvalue weighted by molar-refractivity contribution is -0.123. The first-order valence-electron chi connectivity index (χ1n) is 3.42. The maximum absolute atomic E-state index is 11.0. The van der Waals surface area contributed by atoms with Crippen molar-refractivity contribution in [1.82, 2.24) is 0 Å². The zero-order chi connectivity index (χ0) is 6.91. The minimum Gasteiger partial charge on any atom is -0.330 e. The first kappa shape index (κ1) is 6.75. The number of carbonyl (C=O) groups excluding carboxylic acids is 1.